The van der Waals surface area contributed by atoms with Crippen LogP contribution in [0.25, 0.3) is 0 Å². The van der Waals surface area contributed by atoms with Gasteiger partial charge in [-0.15, -0.1) is 0 Å². The van der Waals surface area contributed by atoms with E-state index < -0.39 is 24.7 Å². The Kier molecular flexibility index (Phi) is 13.2. The minimum absolute atomic E-state index is 0. The van der Waals surface area contributed by atoms with Gasteiger partial charge in [0.2, 0.25) is 0 Å². The summed E-state index contributed by atoms with van der Waals surface area (Å²) in [6, 6.07) is -0.276. The van der Waals surface area contributed by atoms with Crippen molar-refractivity contribution in [3.63, 3.8) is 0 Å². The predicted molar refractivity (Wildman–Crippen MR) is 88.7 cm³/mol. The lowest BCUT2D eigenvalue weighted by atomic mass is 10.0. The van der Waals surface area contributed by atoms with Crippen molar-refractivity contribution in [3.8, 4) is 0 Å². The molecule has 2 atom stereocenters. The van der Waals surface area contributed by atoms with Crippen molar-refractivity contribution in [1.29, 1.82) is 0 Å². The van der Waals surface area contributed by atoms with Crippen molar-refractivity contribution in [2.24, 2.45) is 0 Å². The van der Waals surface area contributed by atoms with Gasteiger partial charge in [-0.05, 0) is 38.6 Å². The number of carbonyl (C=O) groups is 1. The fourth-order valence-corrected chi connectivity index (χ4v) is 2.70. The number of hydrogen-bond donors (Lipinski definition) is 3. The van der Waals surface area contributed by atoms with E-state index >= 15 is 0 Å². The number of amides is 1. The van der Waals surface area contributed by atoms with Crippen LogP contribution in [0, 0.1) is 0 Å². The second-order valence-electron chi connectivity index (χ2n) is 5.66. The van der Waals surface area contributed by atoms with Gasteiger partial charge in [0.05, 0.1) is 19.3 Å². The molecule has 0 unspecified atom stereocenters. The Balaban J connectivity index is 0. The summed E-state index contributed by atoms with van der Waals surface area (Å²) in [5.74, 6) is -1.84. The van der Waals surface area contributed by atoms with Crippen LogP contribution in [-0.4, -0.2) is 65.6 Å². The second-order valence-corrected chi connectivity index (χ2v) is 5.66. The highest BCUT2D eigenvalue weighted by atomic mass is 19.4. The molecule has 2 saturated heterocycles. The number of alkyl halides is 3. The smallest absolute Gasteiger partial charge is 0.395 e. The van der Waals surface area contributed by atoms with Gasteiger partial charge in [-0.3, -0.25) is 4.79 Å². The Morgan fingerprint density at radius 1 is 1.04 bits per heavy atom. The van der Waals surface area contributed by atoms with Gasteiger partial charge in [-0.25, -0.2) is 0 Å². The third kappa shape index (κ3) is 8.30. The first-order valence-corrected chi connectivity index (χ1v) is 7.73. The summed E-state index contributed by atoms with van der Waals surface area (Å²) in [4.78, 5) is 11.6. The van der Waals surface area contributed by atoms with Crippen molar-refractivity contribution < 1.29 is 28.2 Å². The molecule has 146 valence electrons. The average Bonchev–Trinajstić information content (AvgIpc) is 2.54. The molecule has 3 N–H and O–H groups in total. The van der Waals surface area contributed by atoms with Crippen LogP contribution in [-0.2, 0) is 4.79 Å². The van der Waals surface area contributed by atoms with E-state index in [-0.39, 0.29) is 21.4 Å². The van der Waals surface area contributed by atoms with Crippen molar-refractivity contribution in [2.75, 3.05) is 26.3 Å². The van der Waals surface area contributed by atoms with Crippen LogP contribution in [0.4, 0.5) is 13.2 Å². The molecule has 2 fully saturated rings. The van der Waals surface area contributed by atoms with Gasteiger partial charge in [0.15, 0.2) is 0 Å². The van der Waals surface area contributed by atoms with Crippen LogP contribution in [0.2, 0.25) is 0 Å². The highest BCUT2D eigenvalue weighted by molar-refractivity contribution is 5.82. The Labute approximate surface area is 143 Å². The molecule has 24 heavy (non-hydrogen) atoms. The van der Waals surface area contributed by atoms with E-state index in [9.17, 15) is 18.0 Å². The van der Waals surface area contributed by atoms with E-state index in [1.807, 2.05) is 0 Å². The van der Waals surface area contributed by atoms with E-state index in [4.69, 9.17) is 10.2 Å². The molecule has 0 radical (unpaired) electrons. The van der Waals surface area contributed by atoms with E-state index in [1.165, 1.54) is 12.8 Å². The lowest BCUT2D eigenvalue weighted by Gasteiger charge is -2.34. The molecule has 0 saturated carbocycles. The molecule has 2 heterocycles. The number of likely N-dealkylation sites (tertiary alicyclic amines) is 1. The zero-order chi connectivity index (χ0) is 16.6. The lowest BCUT2D eigenvalue weighted by Crippen LogP contribution is -2.50. The summed E-state index contributed by atoms with van der Waals surface area (Å²) >= 11 is 0. The number of piperidine rings is 2. The Morgan fingerprint density at radius 3 is 2.08 bits per heavy atom. The van der Waals surface area contributed by atoms with Crippen molar-refractivity contribution >= 4 is 5.91 Å². The first-order valence-electron chi connectivity index (χ1n) is 7.73. The molecule has 0 aromatic carbocycles. The molecule has 1 amide bonds. The van der Waals surface area contributed by atoms with Crippen LogP contribution < -0.4 is 5.32 Å². The number of nitrogens with zero attached hydrogens (tertiary/aromatic N) is 1. The third-order valence-electron chi connectivity index (χ3n) is 3.97. The highest BCUT2D eigenvalue weighted by Crippen LogP contribution is 2.24. The Hall–Kier alpha value is -0.860. The van der Waals surface area contributed by atoms with Crippen LogP contribution >= 0.6 is 0 Å². The molecule has 2 rings (SSSR count). The van der Waals surface area contributed by atoms with Gasteiger partial charge < -0.3 is 20.4 Å². The summed E-state index contributed by atoms with van der Waals surface area (Å²) in [5, 5.41) is 20.7. The maximum atomic E-state index is 12.1. The summed E-state index contributed by atoms with van der Waals surface area (Å²) in [6.07, 6.45) is 0.638. The zero-order valence-electron chi connectivity index (χ0n) is 12.6. The monoisotopic (exact) mass is 358 g/mol. The molecule has 0 aromatic rings. The summed E-state index contributed by atoms with van der Waals surface area (Å²) in [7, 11) is 0. The largest absolute Gasteiger partial charge is 0.471 e. The van der Waals surface area contributed by atoms with Gasteiger partial charge in [0.25, 0.3) is 0 Å². The predicted octanol–water partition coefficient (Wildman–Crippen LogP) is 2.32. The van der Waals surface area contributed by atoms with Crippen LogP contribution in [0.3, 0.4) is 0 Å². The summed E-state index contributed by atoms with van der Waals surface area (Å²) in [5.41, 5.74) is 0. The maximum absolute atomic E-state index is 12.1. The van der Waals surface area contributed by atoms with Gasteiger partial charge in [0.1, 0.15) is 0 Å². The van der Waals surface area contributed by atoms with Gasteiger partial charge in [-0.2, -0.15) is 13.2 Å². The third-order valence-corrected chi connectivity index (χ3v) is 3.97. The number of hydrogen-bond acceptors (Lipinski definition) is 4. The summed E-state index contributed by atoms with van der Waals surface area (Å²) < 4.78 is 36.2. The normalized spacial score (nSPS) is 24.0. The minimum atomic E-state index is -4.83. The molecule has 2 aliphatic rings. The van der Waals surface area contributed by atoms with E-state index in [0.29, 0.717) is 25.5 Å². The fraction of sp³-hybridized carbons (Fsp3) is 0.938. The highest BCUT2D eigenvalue weighted by Gasteiger charge is 2.44. The molecule has 5 nitrogen and oxygen atoms in total. The number of carbonyl (C=O) groups excluding carboxylic acids is 1. The lowest BCUT2D eigenvalue weighted by molar-refractivity contribution is -0.189. The van der Waals surface area contributed by atoms with Crippen molar-refractivity contribution in [2.45, 2.75) is 71.6 Å². The van der Waals surface area contributed by atoms with E-state index in [1.54, 1.807) is 0 Å². The first-order chi connectivity index (χ1) is 10.4. The van der Waals surface area contributed by atoms with E-state index in [0.717, 1.165) is 24.3 Å². The number of aliphatic hydroxyl groups is 2. The Morgan fingerprint density at radius 2 is 1.67 bits per heavy atom. The molecule has 0 bridgehead atoms. The molecule has 0 aromatic heterocycles. The molecule has 8 heteroatoms. The van der Waals surface area contributed by atoms with Crippen molar-refractivity contribution in [1.82, 2.24) is 10.2 Å². The first kappa shape index (κ1) is 25.4. The number of halogens is 3. The second kappa shape index (κ2) is 12.5. The van der Waals surface area contributed by atoms with E-state index in [2.05, 4.69) is 5.32 Å². The molecular formula is C16H33F3N2O3. The van der Waals surface area contributed by atoms with Crippen LogP contribution in [0.1, 0.15) is 53.4 Å². The quantitative estimate of drug-likeness (QED) is 0.708. The van der Waals surface area contributed by atoms with Gasteiger partial charge in [0, 0.05) is 12.6 Å². The molecule has 0 spiro atoms. The number of rotatable bonds is 2. The SMILES string of the molecule is C.C.O=C(N1CCCC[C@@H]1CO)C(F)(F)F.OC[C@H]1CCCCN1. The maximum Gasteiger partial charge on any atom is 0.471 e. The molecular weight excluding hydrogens is 325 g/mol. The summed E-state index contributed by atoms with van der Waals surface area (Å²) in [6.45, 7) is 1.08. The average molecular weight is 358 g/mol. The minimum Gasteiger partial charge on any atom is -0.395 e. The van der Waals surface area contributed by atoms with Crippen molar-refractivity contribution in [3.05, 3.63) is 0 Å². The molecule has 0 aliphatic carbocycles. The zero-order valence-corrected chi connectivity index (χ0v) is 12.6. The number of nitrogens with one attached hydrogen (secondary N) is 1. The van der Waals surface area contributed by atoms with Gasteiger partial charge in [-0.1, -0.05) is 21.3 Å². The Bertz CT molecular complexity index is 335. The topological polar surface area (TPSA) is 72.8 Å². The molecule has 2 aliphatic heterocycles. The standard InChI is InChI=1S/C8H12F3NO2.C6H13NO.2CH4/c9-8(10,11)7(14)12-4-2-1-3-6(12)5-13;8-5-6-3-1-2-4-7-6;;/h6,13H,1-5H2;6-8H,1-5H2;2*1H4/t2*6-;;/m11../s1. The van der Waals surface area contributed by atoms with Crippen LogP contribution in [0.15, 0.2) is 0 Å². The fourth-order valence-electron chi connectivity index (χ4n) is 2.70. The van der Waals surface area contributed by atoms with Gasteiger partial charge >= 0.3 is 12.1 Å². The number of aliphatic hydroxyl groups excluding tert-OH is 2. The van der Waals surface area contributed by atoms with Crippen LogP contribution in [0.5, 0.6) is 0 Å².